The number of hydrogen-bond donors (Lipinski definition) is 4. The third-order valence-electron chi connectivity index (χ3n) is 12.7. The van der Waals surface area contributed by atoms with Crippen molar-refractivity contribution in [2.24, 2.45) is 50.7 Å². The zero-order valence-corrected chi connectivity index (χ0v) is 22.9. The van der Waals surface area contributed by atoms with E-state index in [0.29, 0.717) is 18.8 Å². The van der Waals surface area contributed by atoms with Crippen LogP contribution < -0.4 is 0 Å². The number of rotatable bonds is 1. The second-order valence-corrected chi connectivity index (χ2v) is 14.9. The number of aliphatic carboxylic acids is 1. The quantitative estimate of drug-likeness (QED) is 0.424. The van der Waals surface area contributed by atoms with Crippen molar-refractivity contribution in [2.45, 2.75) is 111 Å². The van der Waals surface area contributed by atoms with Gasteiger partial charge in [0.05, 0.1) is 23.7 Å². The molecule has 0 saturated heterocycles. The molecule has 0 spiro atoms. The SMILES string of the molecule is CC12CCC3C(C)(CCC(O)C3(C)C(=O)O)C1CCC1C(=CC(=O)C3C(C)(C)C(O)C(O)CC13C)C2. The number of ketones is 1. The summed E-state index contributed by atoms with van der Waals surface area (Å²) in [5.74, 6) is -0.780. The van der Waals surface area contributed by atoms with Gasteiger partial charge < -0.3 is 20.4 Å². The summed E-state index contributed by atoms with van der Waals surface area (Å²) in [6.07, 6.45) is 5.35. The van der Waals surface area contributed by atoms with Crippen molar-refractivity contribution in [1.82, 2.24) is 0 Å². The molecule has 4 N–H and O–H groups in total. The summed E-state index contributed by atoms with van der Waals surface area (Å²) in [5.41, 5.74) is -1.33. The molecule has 5 aliphatic carbocycles. The zero-order valence-electron chi connectivity index (χ0n) is 22.9. The molecule has 5 rings (SSSR count). The Morgan fingerprint density at radius 2 is 1.56 bits per heavy atom. The van der Waals surface area contributed by atoms with Gasteiger partial charge in [-0.3, -0.25) is 9.59 Å². The number of allylic oxidation sites excluding steroid dienone is 2. The van der Waals surface area contributed by atoms with Gasteiger partial charge in [0.2, 0.25) is 0 Å². The molecule has 202 valence electrons. The fraction of sp³-hybridized carbons (Fsp3) is 0.867. The van der Waals surface area contributed by atoms with Gasteiger partial charge in [-0.15, -0.1) is 0 Å². The number of aliphatic hydroxyl groups excluding tert-OH is 3. The summed E-state index contributed by atoms with van der Waals surface area (Å²) in [5, 5.41) is 42.8. The minimum atomic E-state index is -1.15. The van der Waals surface area contributed by atoms with Gasteiger partial charge >= 0.3 is 5.97 Å². The number of carboxylic acid groups (broad SMARTS) is 1. The summed E-state index contributed by atoms with van der Waals surface area (Å²) in [6, 6.07) is 0. The van der Waals surface area contributed by atoms with Gasteiger partial charge in [0.25, 0.3) is 0 Å². The van der Waals surface area contributed by atoms with Crippen LogP contribution in [-0.2, 0) is 9.59 Å². The number of carboxylic acids is 1. The molecule has 36 heavy (non-hydrogen) atoms. The Labute approximate surface area is 215 Å². The van der Waals surface area contributed by atoms with Crippen LogP contribution in [0.3, 0.4) is 0 Å². The Bertz CT molecular complexity index is 1000. The summed E-state index contributed by atoms with van der Waals surface area (Å²) in [6.45, 7) is 12.4. The van der Waals surface area contributed by atoms with Crippen molar-refractivity contribution in [3.63, 3.8) is 0 Å². The normalized spacial score (nSPS) is 54.2. The van der Waals surface area contributed by atoms with Gasteiger partial charge in [-0.1, -0.05) is 40.2 Å². The first-order chi connectivity index (χ1) is 16.5. The second-order valence-electron chi connectivity index (χ2n) is 14.9. The van der Waals surface area contributed by atoms with E-state index in [1.54, 1.807) is 6.92 Å². The first kappa shape index (κ1) is 26.4. The highest BCUT2D eigenvalue weighted by Crippen LogP contribution is 2.70. The van der Waals surface area contributed by atoms with Crippen LogP contribution in [0.5, 0.6) is 0 Å². The maximum Gasteiger partial charge on any atom is 0.312 e. The molecule has 6 heteroatoms. The summed E-state index contributed by atoms with van der Waals surface area (Å²) < 4.78 is 0. The Balaban J connectivity index is 1.56. The molecule has 0 aromatic carbocycles. The third-order valence-corrected chi connectivity index (χ3v) is 12.7. The zero-order chi connectivity index (χ0) is 26.6. The highest BCUT2D eigenvalue weighted by molar-refractivity contribution is 5.95. The van der Waals surface area contributed by atoms with Crippen LogP contribution in [0, 0.1) is 50.7 Å². The molecular formula is C30H46O6. The Morgan fingerprint density at radius 3 is 2.19 bits per heavy atom. The lowest BCUT2D eigenvalue weighted by Gasteiger charge is -2.63. The highest BCUT2D eigenvalue weighted by Gasteiger charge is 2.67. The molecule has 4 saturated carbocycles. The van der Waals surface area contributed by atoms with Crippen molar-refractivity contribution in [1.29, 1.82) is 0 Å². The first-order valence-electron chi connectivity index (χ1n) is 14.1. The Kier molecular flexibility index (Phi) is 5.78. The van der Waals surface area contributed by atoms with E-state index in [1.165, 1.54) is 5.57 Å². The van der Waals surface area contributed by atoms with Gasteiger partial charge in [0.1, 0.15) is 0 Å². The van der Waals surface area contributed by atoms with Gasteiger partial charge in [0.15, 0.2) is 5.78 Å². The fourth-order valence-electron chi connectivity index (χ4n) is 11.0. The molecule has 0 bridgehead atoms. The number of hydrogen-bond acceptors (Lipinski definition) is 5. The smallest absolute Gasteiger partial charge is 0.312 e. The minimum Gasteiger partial charge on any atom is -0.481 e. The van der Waals surface area contributed by atoms with E-state index in [9.17, 15) is 30.0 Å². The molecule has 0 aliphatic heterocycles. The lowest BCUT2D eigenvalue weighted by atomic mass is 9.41. The lowest BCUT2D eigenvalue weighted by molar-refractivity contribution is -0.199. The maximum absolute atomic E-state index is 13.7. The largest absolute Gasteiger partial charge is 0.481 e. The number of aliphatic hydroxyl groups is 3. The van der Waals surface area contributed by atoms with E-state index in [-0.39, 0.29) is 34.4 Å². The van der Waals surface area contributed by atoms with E-state index in [4.69, 9.17) is 0 Å². The second kappa shape index (κ2) is 7.89. The molecule has 11 atom stereocenters. The van der Waals surface area contributed by atoms with Crippen molar-refractivity contribution < 1.29 is 30.0 Å². The van der Waals surface area contributed by atoms with Crippen molar-refractivity contribution in [2.75, 3.05) is 0 Å². The van der Waals surface area contributed by atoms with Crippen molar-refractivity contribution in [3.8, 4) is 0 Å². The van der Waals surface area contributed by atoms with E-state index in [1.807, 2.05) is 19.9 Å². The van der Waals surface area contributed by atoms with E-state index in [0.717, 1.165) is 38.5 Å². The van der Waals surface area contributed by atoms with Gasteiger partial charge in [-0.05, 0) is 98.4 Å². The van der Waals surface area contributed by atoms with Crippen molar-refractivity contribution >= 4 is 11.8 Å². The monoisotopic (exact) mass is 502 g/mol. The molecule has 5 aliphatic rings. The van der Waals surface area contributed by atoms with E-state index < -0.39 is 40.5 Å². The molecule has 0 aromatic heterocycles. The lowest BCUT2D eigenvalue weighted by Crippen LogP contribution is -2.62. The molecular weight excluding hydrogens is 456 g/mol. The Hall–Kier alpha value is -1.24. The average Bonchev–Trinajstić information content (AvgIpc) is 2.91. The van der Waals surface area contributed by atoms with Gasteiger partial charge in [0, 0.05) is 11.3 Å². The summed E-state index contributed by atoms with van der Waals surface area (Å²) >= 11 is 0. The standard InChI is InChI=1S/C30H46O6/c1-26(2)23-18(31)13-16-14-27(3)11-9-21-28(4,12-10-22(33)30(21,6)25(35)36)20(27)8-7-17(16)29(23,5)15-19(32)24(26)34/h13,17,19-24,32-34H,7-12,14-15H2,1-6H3,(H,35,36). The van der Waals surface area contributed by atoms with Gasteiger partial charge in [-0.2, -0.15) is 0 Å². The Morgan fingerprint density at radius 1 is 0.889 bits per heavy atom. The summed E-state index contributed by atoms with van der Waals surface area (Å²) in [4.78, 5) is 26.2. The summed E-state index contributed by atoms with van der Waals surface area (Å²) in [7, 11) is 0. The molecule has 4 fully saturated rings. The molecule has 0 radical (unpaired) electrons. The number of carbonyl (C=O) groups is 2. The predicted octanol–water partition coefficient (Wildman–Crippen LogP) is 4.35. The van der Waals surface area contributed by atoms with Crippen molar-refractivity contribution in [3.05, 3.63) is 11.6 Å². The molecule has 6 nitrogen and oxygen atoms in total. The maximum atomic E-state index is 13.7. The predicted molar refractivity (Wildman–Crippen MR) is 136 cm³/mol. The molecule has 0 amide bonds. The average molecular weight is 503 g/mol. The van der Waals surface area contributed by atoms with Crippen LogP contribution in [0.4, 0.5) is 0 Å². The highest BCUT2D eigenvalue weighted by atomic mass is 16.4. The van der Waals surface area contributed by atoms with Crippen LogP contribution in [-0.4, -0.2) is 50.5 Å². The topological polar surface area (TPSA) is 115 Å². The third kappa shape index (κ3) is 3.19. The molecule has 0 aromatic rings. The molecule has 0 heterocycles. The van der Waals surface area contributed by atoms with E-state index in [2.05, 4.69) is 20.8 Å². The number of fused-ring (bicyclic) bond motifs is 6. The van der Waals surface area contributed by atoms with Crippen LogP contribution >= 0.6 is 0 Å². The van der Waals surface area contributed by atoms with Crippen LogP contribution in [0.15, 0.2) is 11.6 Å². The molecule has 11 unspecified atom stereocenters. The van der Waals surface area contributed by atoms with Crippen LogP contribution in [0.25, 0.3) is 0 Å². The van der Waals surface area contributed by atoms with Crippen LogP contribution in [0.1, 0.15) is 92.9 Å². The van der Waals surface area contributed by atoms with E-state index >= 15 is 0 Å². The first-order valence-corrected chi connectivity index (χ1v) is 14.1. The minimum absolute atomic E-state index is 0.0423. The van der Waals surface area contributed by atoms with Crippen LogP contribution in [0.2, 0.25) is 0 Å². The fourth-order valence-corrected chi connectivity index (χ4v) is 11.0. The number of carbonyl (C=O) groups excluding carboxylic acids is 1. The van der Waals surface area contributed by atoms with Gasteiger partial charge in [-0.25, -0.2) is 0 Å².